The minimum absolute atomic E-state index is 0.162. The number of rotatable bonds is 11. The van der Waals surface area contributed by atoms with E-state index < -0.39 is 0 Å². The highest BCUT2D eigenvalue weighted by Crippen LogP contribution is 2.20. The van der Waals surface area contributed by atoms with Crippen molar-refractivity contribution in [2.24, 2.45) is 0 Å². The Morgan fingerprint density at radius 3 is 2.72 bits per heavy atom. The Morgan fingerprint density at radius 1 is 1.33 bits per heavy atom. The molecule has 0 amide bonds. The third kappa shape index (κ3) is 6.93. The van der Waals surface area contributed by atoms with Gasteiger partial charge in [-0.3, -0.25) is 4.79 Å². The molecule has 1 unspecified atom stereocenters. The average molecular weight is 259 g/mol. The van der Waals surface area contributed by atoms with Gasteiger partial charge in [-0.15, -0.1) is 0 Å². The van der Waals surface area contributed by atoms with Crippen molar-refractivity contribution in [3.63, 3.8) is 0 Å². The van der Waals surface area contributed by atoms with Gasteiger partial charge < -0.3 is 19.5 Å². The van der Waals surface area contributed by atoms with Crippen molar-refractivity contribution in [1.82, 2.24) is 5.32 Å². The van der Waals surface area contributed by atoms with Crippen LogP contribution in [0.4, 0.5) is 0 Å². The molecule has 1 fully saturated rings. The molecule has 0 aromatic rings. The summed E-state index contributed by atoms with van der Waals surface area (Å²) in [5, 5.41) is 3.30. The molecule has 0 aliphatic heterocycles. The maximum absolute atomic E-state index is 11.7. The first kappa shape index (κ1) is 15.4. The van der Waals surface area contributed by atoms with Gasteiger partial charge in [-0.25, -0.2) is 0 Å². The first-order chi connectivity index (χ1) is 8.77. The Kier molecular flexibility index (Phi) is 7.96. The Balaban J connectivity index is 2.12. The van der Waals surface area contributed by atoms with E-state index in [4.69, 9.17) is 14.2 Å². The van der Waals surface area contributed by atoms with Crippen molar-refractivity contribution in [2.75, 3.05) is 33.5 Å². The zero-order chi connectivity index (χ0) is 13.2. The van der Waals surface area contributed by atoms with Crippen molar-refractivity contribution in [1.29, 1.82) is 0 Å². The van der Waals surface area contributed by atoms with Gasteiger partial charge in [-0.2, -0.15) is 0 Å². The standard InChI is InChI=1S/C13H25NO4/c1-3-18-13(15)12(14-11-5-6-11)7-10-17-9-4-8-16-2/h11-12,14H,3-10H2,1-2H3. The van der Waals surface area contributed by atoms with Gasteiger partial charge in [0.25, 0.3) is 0 Å². The smallest absolute Gasteiger partial charge is 0.323 e. The van der Waals surface area contributed by atoms with Crippen molar-refractivity contribution in [2.45, 2.75) is 44.7 Å². The lowest BCUT2D eigenvalue weighted by molar-refractivity contribution is -0.146. The zero-order valence-corrected chi connectivity index (χ0v) is 11.4. The van der Waals surface area contributed by atoms with Crippen LogP contribution in [-0.2, 0) is 19.0 Å². The third-order valence-electron chi connectivity index (χ3n) is 2.77. The normalized spacial score (nSPS) is 16.6. The monoisotopic (exact) mass is 259 g/mol. The summed E-state index contributed by atoms with van der Waals surface area (Å²) in [5.41, 5.74) is 0. The fraction of sp³-hybridized carbons (Fsp3) is 0.923. The maximum Gasteiger partial charge on any atom is 0.323 e. The lowest BCUT2D eigenvalue weighted by Crippen LogP contribution is -2.40. The Morgan fingerprint density at radius 2 is 2.11 bits per heavy atom. The minimum Gasteiger partial charge on any atom is -0.465 e. The number of hydrogen-bond acceptors (Lipinski definition) is 5. The molecule has 0 aromatic carbocycles. The second kappa shape index (κ2) is 9.30. The van der Waals surface area contributed by atoms with Crippen LogP contribution in [0.2, 0.25) is 0 Å². The number of methoxy groups -OCH3 is 1. The fourth-order valence-corrected chi connectivity index (χ4v) is 1.66. The van der Waals surface area contributed by atoms with Crippen LogP contribution in [0.15, 0.2) is 0 Å². The van der Waals surface area contributed by atoms with Crippen molar-refractivity contribution in [3.05, 3.63) is 0 Å². The molecular formula is C13H25NO4. The van der Waals surface area contributed by atoms with E-state index >= 15 is 0 Å². The topological polar surface area (TPSA) is 56.8 Å². The predicted molar refractivity (Wildman–Crippen MR) is 68.5 cm³/mol. The van der Waals surface area contributed by atoms with Gasteiger partial charge in [0.15, 0.2) is 0 Å². The number of carbonyl (C=O) groups is 1. The predicted octanol–water partition coefficient (Wildman–Crippen LogP) is 1.11. The van der Waals surface area contributed by atoms with Gasteiger partial charge in [0.2, 0.25) is 0 Å². The molecule has 0 spiro atoms. The van der Waals surface area contributed by atoms with Crippen molar-refractivity contribution in [3.8, 4) is 0 Å². The van der Waals surface area contributed by atoms with E-state index in [0.717, 1.165) is 19.3 Å². The number of ether oxygens (including phenoxy) is 3. The summed E-state index contributed by atoms with van der Waals surface area (Å²) in [6.45, 7) is 4.21. The van der Waals surface area contributed by atoms with Crippen LogP contribution in [0.25, 0.3) is 0 Å². The molecule has 1 N–H and O–H groups in total. The number of hydrogen-bond donors (Lipinski definition) is 1. The summed E-state index contributed by atoms with van der Waals surface area (Å²) in [6.07, 6.45) is 3.87. The molecule has 18 heavy (non-hydrogen) atoms. The van der Waals surface area contributed by atoms with E-state index in [1.807, 2.05) is 6.92 Å². The van der Waals surface area contributed by atoms with Crippen LogP contribution in [0.5, 0.6) is 0 Å². The molecule has 1 atom stereocenters. The average Bonchev–Trinajstić information content (AvgIpc) is 3.16. The van der Waals surface area contributed by atoms with E-state index in [0.29, 0.717) is 38.9 Å². The summed E-state index contributed by atoms with van der Waals surface area (Å²) in [4.78, 5) is 11.7. The molecule has 5 heteroatoms. The summed E-state index contributed by atoms with van der Waals surface area (Å²) in [5.74, 6) is -0.162. The summed E-state index contributed by atoms with van der Waals surface area (Å²) in [7, 11) is 1.68. The van der Waals surface area contributed by atoms with Crippen LogP contribution in [0.1, 0.15) is 32.6 Å². The number of carbonyl (C=O) groups excluding carboxylic acids is 1. The van der Waals surface area contributed by atoms with Gasteiger partial charge >= 0.3 is 5.97 Å². The maximum atomic E-state index is 11.7. The molecule has 1 saturated carbocycles. The van der Waals surface area contributed by atoms with Gasteiger partial charge in [-0.05, 0) is 32.6 Å². The van der Waals surface area contributed by atoms with E-state index in [-0.39, 0.29) is 12.0 Å². The van der Waals surface area contributed by atoms with E-state index in [2.05, 4.69) is 5.32 Å². The molecule has 0 bridgehead atoms. The lowest BCUT2D eigenvalue weighted by atomic mass is 10.2. The molecule has 0 radical (unpaired) electrons. The molecule has 5 nitrogen and oxygen atoms in total. The Labute approximate surface area is 109 Å². The zero-order valence-electron chi connectivity index (χ0n) is 11.4. The molecule has 0 heterocycles. The van der Waals surface area contributed by atoms with Crippen molar-refractivity contribution >= 4 is 5.97 Å². The fourth-order valence-electron chi connectivity index (χ4n) is 1.66. The Hall–Kier alpha value is -0.650. The van der Waals surface area contributed by atoms with Gasteiger partial charge in [0.05, 0.1) is 6.61 Å². The van der Waals surface area contributed by atoms with Crippen molar-refractivity contribution < 1.29 is 19.0 Å². The van der Waals surface area contributed by atoms with Crippen LogP contribution >= 0.6 is 0 Å². The van der Waals surface area contributed by atoms with E-state index in [9.17, 15) is 4.79 Å². The summed E-state index contributed by atoms with van der Waals surface area (Å²) in [6, 6.07) is 0.271. The van der Waals surface area contributed by atoms with Crippen LogP contribution in [0.3, 0.4) is 0 Å². The van der Waals surface area contributed by atoms with Gasteiger partial charge in [0, 0.05) is 33.0 Å². The van der Waals surface area contributed by atoms with Crippen LogP contribution < -0.4 is 5.32 Å². The molecule has 0 saturated heterocycles. The third-order valence-corrected chi connectivity index (χ3v) is 2.77. The minimum atomic E-state index is -0.222. The number of esters is 1. The molecular weight excluding hydrogens is 234 g/mol. The first-order valence-corrected chi connectivity index (χ1v) is 6.77. The second-order valence-corrected chi connectivity index (χ2v) is 4.49. The Bertz CT molecular complexity index is 231. The highest BCUT2D eigenvalue weighted by atomic mass is 16.5. The second-order valence-electron chi connectivity index (χ2n) is 4.49. The van der Waals surface area contributed by atoms with Gasteiger partial charge in [-0.1, -0.05) is 0 Å². The molecule has 1 rings (SSSR count). The highest BCUT2D eigenvalue weighted by molar-refractivity contribution is 5.75. The molecule has 1 aliphatic rings. The van der Waals surface area contributed by atoms with E-state index in [1.54, 1.807) is 7.11 Å². The molecule has 106 valence electrons. The largest absolute Gasteiger partial charge is 0.465 e. The quantitative estimate of drug-likeness (QED) is 0.445. The number of nitrogens with one attached hydrogen (secondary N) is 1. The lowest BCUT2D eigenvalue weighted by Gasteiger charge is -2.16. The van der Waals surface area contributed by atoms with Crippen LogP contribution in [-0.4, -0.2) is 51.6 Å². The summed E-state index contributed by atoms with van der Waals surface area (Å²) >= 11 is 0. The highest BCUT2D eigenvalue weighted by Gasteiger charge is 2.28. The van der Waals surface area contributed by atoms with Gasteiger partial charge in [0.1, 0.15) is 6.04 Å². The SMILES string of the molecule is CCOC(=O)C(CCOCCCOC)NC1CC1. The van der Waals surface area contributed by atoms with Crippen LogP contribution in [0, 0.1) is 0 Å². The van der Waals surface area contributed by atoms with E-state index in [1.165, 1.54) is 0 Å². The molecule has 1 aliphatic carbocycles. The molecule has 0 aromatic heterocycles. The first-order valence-electron chi connectivity index (χ1n) is 6.77. The summed E-state index contributed by atoms with van der Waals surface area (Å²) < 4.78 is 15.5.